The summed E-state index contributed by atoms with van der Waals surface area (Å²) in [4.78, 5) is 9.55. The largest absolute Gasteiger partial charge is 0.245 e. The third kappa shape index (κ3) is 14.3. The Morgan fingerprint density at radius 2 is 0.556 bits per heavy atom. The number of thiazole rings is 2. The van der Waals surface area contributed by atoms with Crippen LogP contribution in [0.15, 0.2) is 490 Å². The molecule has 25 aromatic carbocycles. The van der Waals surface area contributed by atoms with Gasteiger partial charge in [-0.1, -0.05) is 466 Å². The average molecular weight is 1750 g/mol. The van der Waals surface area contributed by atoms with Gasteiger partial charge in [0.15, 0.2) is 0 Å². The molecule has 27 rings (SSSR count). The topological polar surface area (TPSA) is 25.8 Å². The quantitative estimate of drug-likeness (QED) is 0.101. The van der Waals surface area contributed by atoms with Crippen molar-refractivity contribution in [1.82, 2.24) is 9.97 Å². The van der Waals surface area contributed by atoms with Crippen molar-refractivity contribution >= 4 is 162 Å². The van der Waals surface area contributed by atoms with Gasteiger partial charge in [-0.25, -0.2) is 9.97 Å². The number of hydrogen-bond acceptors (Lipinski definition) is 4. The van der Waals surface area contributed by atoms with Crippen LogP contribution in [0.4, 0.5) is 0 Å². The molecule has 0 fully saturated rings. The molecule has 0 atom stereocenters. The molecular weight excluding hydrogens is 1640 g/mol. The minimum absolute atomic E-state index is 0.193. The van der Waals surface area contributed by atoms with Crippen LogP contribution in [0, 0.1) is 6.92 Å². The van der Waals surface area contributed by atoms with Gasteiger partial charge in [0.25, 0.3) is 0 Å². The Kier molecular flexibility index (Phi) is 15.8. The molecule has 0 unspecified atom stereocenters. The van der Waals surface area contributed by atoms with E-state index in [0.29, 0.717) is 22.3 Å². The van der Waals surface area contributed by atoms with E-state index in [-0.39, 0.29) is 137 Å². The van der Waals surface area contributed by atoms with E-state index in [4.69, 9.17) is 32.4 Å². The lowest BCUT2D eigenvalue weighted by molar-refractivity contribution is 1.43. The number of aryl methyl sites for hydroxylation is 1. The van der Waals surface area contributed by atoms with Gasteiger partial charge in [-0.15, -0.1) is 22.7 Å². The molecule has 0 aliphatic carbocycles. The molecule has 0 aliphatic rings. The Balaban J connectivity index is 0.000000108. The number of aromatic nitrogens is 2. The van der Waals surface area contributed by atoms with Crippen molar-refractivity contribution in [3.8, 4) is 110 Å². The minimum atomic E-state index is -0.397. The van der Waals surface area contributed by atoms with Crippen LogP contribution >= 0.6 is 22.7 Å². The van der Waals surface area contributed by atoms with E-state index in [1.165, 1.54) is 26.9 Å². The number of nitrogens with zero attached hydrogens (tertiary/aromatic N) is 2. The van der Waals surface area contributed by atoms with E-state index in [1.54, 1.807) is 28.9 Å². The zero-order chi connectivity index (χ0) is 106. The molecule has 0 N–H and O–H groups in total. The average Bonchev–Trinajstić information content (AvgIpc) is 1.04. The van der Waals surface area contributed by atoms with Crippen molar-refractivity contribution in [3.63, 3.8) is 0 Å². The Labute approximate surface area is 807 Å². The first-order chi connectivity index (χ1) is 74.3. The molecular formula is C129H84N2S2. The van der Waals surface area contributed by atoms with E-state index >= 15 is 0 Å². The van der Waals surface area contributed by atoms with Crippen LogP contribution in [0.3, 0.4) is 0 Å². The number of hydrogen-bond donors (Lipinski definition) is 0. The molecule has 0 aliphatic heterocycles. The van der Waals surface area contributed by atoms with Gasteiger partial charge in [0, 0.05) is 22.7 Å². The number of para-hydroxylation sites is 1. The molecule has 0 saturated carbocycles. The summed E-state index contributed by atoms with van der Waals surface area (Å²) >= 11 is 3.18. The smallest absolute Gasteiger partial charge is 0.125 e. The van der Waals surface area contributed by atoms with Crippen LogP contribution in [0.5, 0.6) is 0 Å². The van der Waals surface area contributed by atoms with Crippen molar-refractivity contribution in [1.29, 1.82) is 0 Å². The van der Waals surface area contributed by atoms with Crippen LogP contribution in [0.1, 0.15) is 33.0 Å². The summed E-state index contributed by atoms with van der Waals surface area (Å²) in [5.41, 5.74) is 16.1. The molecule has 27 aromatic rings. The minimum Gasteiger partial charge on any atom is -0.245 e. The molecule has 0 bridgehead atoms. The van der Waals surface area contributed by atoms with Crippen LogP contribution in [-0.4, -0.2) is 9.97 Å². The first-order valence-electron chi connectivity index (χ1n) is 53.9. The normalized spacial score (nSPS) is 13.6. The van der Waals surface area contributed by atoms with Gasteiger partial charge < -0.3 is 0 Å². The molecule has 0 saturated heterocycles. The maximum atomic E-state index is 8.80. The van der Waals surface area contributed by atoms with Gasteiger partial charge in [-0.2, -0.15) is 0 Å². The SMILES string of the molecule is [2H]c1c([2H])c([2H])c(-c2c3ccccc3c(-c3ccc(-c4ccccc4)c4ccccc34)c3ccccc23)c([2H])c1[2H].[2H]c1c([2H])c([2H])c(-c2c3ccccc3c(-c3ccc4ccc5cccc6ccc3c4c56)c3ccccc23)c([2H])c1[2H].[2H]c1c([2H])c([2H])c(-c2c3ccccc3c(-c3nc4ccccc4s3)c3ccc(C)cc23)c([2H])c1[2H].[2H]c1c([2H])c([2H])c(-c2c3ccccc3c(-c3nccs3)c3ccc(-c4ccccc4)cc23)c([2H])c1[2H]. The van der Waals surface area contributed by atoms with Gasteiger partial charge in [0.2, 0.25) is 0 Å². The Bertz CT molecular complexity index is 10200. The van der Waals surface area contributed by atoms with Gasteiger partial charge in [-0.3, -0.25) is 0 Å². The van der Waals surface area contributed by atoms with Crippen LogP contribution in [-0.2, 0) is 0 Å². The van der Waals surface area contributed by atoms with E-state index in [1.807, 2.05) is 200 Å². The maximum absolute atomic E-state index is 8.80. The molecule has 0 spiro atoms. The number of fused-ring (bicyclic) bond motifs is 10. The molecule has 2 heterocycles. The van der Waals surface area contributed by atoms with Gasteiger partial charge in [-0.05, 0) is 243 Å². The summed E-state index contributed by atoms with van der Waals surface area (Å²) in [5, 5.41) is 27.6. The molecule has 4 heteroatoms. The standard InChI is InChI=1S/C36H22.C36H24.C29H19NS.C28H19NS/c1-2-9-23(10-3-1)34-27-13-4-6-15-29(27)36(30-16-7-5-14-28(30)34)32-22-20-26-18-17-24-11-8-12-25-19-21-31(32)35(26)33(24)25;1-3-13-25(14-4-1)27-23-24-34(29-18-8-7-17-28(27)29)36-32-21-11-9-19-30(32)35(26-15-5-2-6-16-26)31-20-10-12-22-33(31)36;1-3-9-20(10-4-1)22-15-16-25-26(19-22)27(21-11-5-2-6-12-21)23-13-7-8-14-24(23)28(25)29-30-17-18-31-29;1-18-15-16-22-23(17-18)26(19-9-3-2-4-10-19)20-11-5-6-12-21(20)27(22)28-29-24-13-7-8-14-25(24)30-28/h1-22H;1-24H;1-19H;2-17H,1H3/i1D,2D,3D,9D,10D;2D,5D,6D,15D,16D;2D,5D,6D,11D,12D;2D,3D,4D,9D,10D. The highest BCUT2D eigenvalue weighted by molar-refractivity contribution is 7.21. The van der Waals surface area contributed by atoms with Gasteiger partial charge >= 0.3 is 0 Å². The van der Waals surface area contributed by atoms with E-state index in [9.17, 15) is 0 Å². The second-order valence-corrected chi connectivity index (χ2v) is 34.7. The summed E-state index contributed by atoms with van der Waals surface area (Å²) < 4.78 is 170. The first-order valence-corrected chi connectivity index (χ1v) is 45.6. The monoisotopic (exact) mass is 1740 g/mol. The fourth-order valence-corrected chi connectivity index (χ4v) is 21.6. The molecule has 622 valence electrons. The molecule has 2 aromatic heterocycles. The Hall–Kier alpha value is -16.6. The summed E-state index contributed by atoms with van der Waals surface area (Å²) in [6.07, 6.45) is 1.78. The third-order valence-electron chi connectivity index (χ3n) is 25.4. The maximum Gasteiger partial charge on any atom is 0.125 e. The third-order valence-corrected chi connectivity index (χ3v) is 27.2. The lowest BCUT2D eigenvalue weighted by Crippen LogP contribution is -1.92. The lowest BCUT2D eigenvalue weighted by Gasteiger charge is -2.20. The van der Waals surface area contributed by atoms with Crippen molar-refractivity contribution in [2.75, 3.05) is 0 Å². The predicted octanol–water partition coefficient (Wildman–Crippen LogP) is 37.1. The number of rotatable bonds is 10. The van der Waals surface area contributed by atoms with Gasteiger partial charge in [0.1, 0.15) is 10.0 Å². The number of benzene rings is 25. The molecule has 2 nitrogen and oxygen atoms in total. The van der Waals surface area contributed by atoms with Crippen molar-refractivity contribution in [2.45, 2.75) is 6.92 Å². The molecule has 0 radical (unpaired) electrons. The predicted molar refractivity (Wildman–Crippen MR) is 575 cm³/mol. The highest BCUT2D eigenvalue weighted by Crippen LogP contribution is 2.53. The second kappa shape index (κ2) is 34.4. The van der Waals surface area contributed by atoms with Crippen molar-refractivity contribution in [3.05, 3.63) is 496 Å². The summed E-state index contributed by atoms with van der Waals surface area (Å²) in [7, 11) is 0. The molecule has 133 heavy (non-hydrogen) atoms. The zero-order valence-electron chi connectivity index (χ0n) is 91.4. The fourth-order valence-electron chi connectivity index (χ4n) is 19.8. The first kappa shape index (κ1) is 61.0. The summed E-state index contributed by atoms with van der Waals surface area (Å²) in [6, 6.07) is 115. The lowest BCUT2D eigenvalue weighted by atomic mass is 9.83. The summed E-state index contributed by atoms with van der Waals surface area (Å²) in [6.45, 7) is 2.00. The van der Waals surface area contributed by atoms with Gasteiger partial charge in [0.05, 0.1) is 37.6 Å². The van der Waals surface area contributed by atoms with E-state index in [2.05, 4.69) is 175 Å². The highest BCUT2D eigenvalue weighted by atomic mass is 32.1. The van der Waals surface area contributed by atoms with Crippen molar-refractivity contribution < 1.29 is 27.4 Å². The second-order valence-electron chi connectivity index (χ2n) is 32.8. The highest BCUT2D eigenvalue weighted by Gasteiger charge is 2.26. The Morgan fingerprint density at radius 1 is 0.218 bits per heavy atom. The van der Waals surface area contributed by atoms with Crippen LogP contribution < -0.4 is 0 Å². The van der Waals surface area contributed by atoms with E-state index < -0.39 is 6.04 Å². The van der Waals surface area contributed by atoms with Crippen LogP contribution in [0.2, 0.25) is 0 Å². The van der Waals surface area contributed by atoms with Crippen molar-refractivity contribution in [2.24, 2.45) is 0 Å². The zero-order valence-corrected chi connectivity index (χ0v) is 73.1. The summed E-state index contributed by atoms with van der Waals surface area (Å²) in [5.74, 6) is 0. The fraction of sp³-hybridized carbons (Fsp3) is 0.00775. The van der Waals surface area contributed by atoms with E-state index in [0.717, 1.165) is 184 Å². The molecule has 0 amide bonds. The Morgan fingerprint density at radius 3 is 1.02 bits per heavy atom. The van der Waals surface area contributed by atoms with Crippen LogP contribution in [0.25, 0.3) is 250 Å².